The van der Waals surface area contributed by atoms with Gasteiger partial charge >= 0.3 is 0 Å². The highest BCUT2D eigenvalue weighted by atomic mass is 79.9. The number of nitrogens with zero attached hydrogens (tertiary/aromatic N) is 2. The largest absolute Gasteiger partial charge is 0.383 e. The summed E-state index contributed by atoms with van der Waals surface area (Å²) in [5.74, 6) is 0. The molecular weight excluding hydrogens is 356 g/mol. The molecule has 0 saturated heterocycles. The molecule has 1 unspecified atom stereocenters. The fraction of sp³-hybridized carbons (Fsp3) is 0.357. The van der Waals surface area contributed by atoms with Crippen LogP contribution in [0.2, 0.25) is 0 Å². The summed E-state index contributed by atoms with van der Waals surface area (Å²) in [5, 5.41) is 1.48. The van der Waals surface area contributed by atoms with E-state index in [1.807, 2.05) is 6.07 Å². The molecule has 21 heavy (non-hydrogen) atoms. The predicted molar refractivity (Wildman–Crippen MR) is 86.1 cm³/mol. The van der Waals surface area contributed by atoms with Crippen LogP contribution in [0.4, 0.5) is 0 Å². The molecule has 0 aliphatic heterocycles. The van der Waals surface area contributed by atoms with Crippen molar-refractivity contribution >= 4 is 36.7 Å². The standard InChI is InChI=1S/C14H17BrN2O3S/c1-17(9-12(15)10-20-2)21(18,19)14-5-3-4-11-8-16-7-6-13(11)14/h3-8,12H,9-10H2,1-2H3. The maximum atomic E-state index is 12.7. The number of methoxy groups -OCH3 is 1. The zero-order valence-electron chi connectivity index (χ0n) is 11.9. The monoisotopic (exact) mass is 372 g/mol. The summed E-state index contributed by atoms with van der Waals surface area (Å²) in [5.41, 5.74) is 0. The molecule has 0 amide bonds. The van der Waals surface area contributed by atoms with E-state index in [1.165, 1.54) is 4.31 Å². The lowest BCUT2D eigenvalue weighted by molar-refractivity contribution is 0.195. The third kappa shape index (κ3) is 3.60. The van der Waals surface area contributed by atoms with Gasteiger partial charge in [0, 0.05) is 43.9 Å². The van der Waals surface area contributed by atoms with Gasteiger partial charge in [-0.15, -0.1) is 0 Å². The van der Waals surface area contributed by atoms with E-state index < -0.39 is 10.0 Å². The van der Waals surface area contributed by atoms with E-state index in [0.29, 0.717) is 23.4 Å². The second kappa shape index (κ2) is 6.83. The van der Waals surface area contributed by atoms with Crippen LogP contribution in [-0.2, 0) is 14.8 Å². The smallest absolute Gasteiger partial charge is 0.243 e. The first-order valence-electron chi connectivity index (χ1n) is 6.39. The average molecular weight is 373 g/mol. The summed E-state index contributed by atoms with van der Waals surface area (Å²) < 4.78 is 31.8. The number of pyridine rings is 1. The molecule has 0 aliphatic carbocycles. The molecule has 0 radical (unpaired) electrons. The highest BCUT2D eigenvalue weighted by Gasteiger charge is 2.24. The number of sulfonamides is 1. The third-order valence-electron chi connectivity index (χ3n) is 3.13. The zero-order chi connectivity index (χ0) is 15.5. The van der Waals surface area contributed by atoms with Gasteiger partial charge in [-0.3, -0.25) is 4.98 Å². The number of ether oxygens (including phenoxy) is 1. The third-order valence-corrected chi connectivity index (χ3v) is 5.57. The van der Waals surface area contributed by atoms with Gasteiger partial charge in [0.2, 0.25) is 10.0 Å². The molecule has 0 saturated carbocycles. The van der Waals surface area contributed by atoms with Crippen molar-refractivity contribution in [1.82, 2.24) is 9.29 Å². The first kappa shape index (κ1) is 16.4. The predicted octanol–water partition coefficient (Wildman–Crippen LogP) is 2.27. The fourth-order valence-corrected chi connectivity index (χ4v) is 4.41. The first-order chi connectivity index (χ1) is 9.96. The highest BCUT2D eigenvalue weighted by Crippen LogP contribution is 2.24. The SMILES string of the molecule is COCC(Br)CN(C)S(=O)(=O)c1cccc2cnccc12. The summed E-state index contributed by atoms with van der Waals surface area (Å²) in [6.07, 6.45) is 3.26. The highest BCUT2D eigenvalue weighted by molar-refractivity contribution is 9.09. The molecule has 5 nitrogen and oxygen atoms in total. The lowest BCUT2D eigenvalue weighted by atomic mass is 10.2. The van der Waals surface area contributed by atoms with E-state index in [-0.39, 0.29) is 4.83 Å². The molecule has 1 aromatic heterocycles. The Morgan fingerprint density at radius 1 is 1.38 bits per heavy atom. The second-order valence-corrected chi connectivity index (χ2v) is 8.00. The number of alkyl halides is 1. The van der Waals surface area contributed by atoms with Gasteiger partial charge in [0.05, 0.1) is 16.3 Å². The average Bonchev–Trinajstić information content (AvgIpc) is 2.46. The first-order valence-corrected chi connectivity index (χ1v) is 8.74. The Kier molecular flexibility index (Phi) is 5.32. The molecule has 0 aliphatic rings. The topological polar surface area (TPSA) is 59.5 Å². The Labute approximate surface area is 133 Å². The number of halogens is 1. The summed E-state index contributed by atoms with van der Waals surface area (Å²) in [6, 6.07) is 6.91. The molecule has 114 valence electrons. The Morgan fingerprint density at radius 3 is 2.86 bits per heavy atom. The van der Waals surface area contributed by atoms with Crippen LogP contribution in [0.1, 0.15) is 0 Å². The van der Waals surface area contributed by atoms with Crippen molar-refractivity contribution in [3.05, 3.63) is 36.7 Å². The molecule has 0 bridgehead atoms. The molecule has 1 atom stereocenters. The van der Waals surface area contributed by atoms with Gasteiger partial charge in [-0.05, 0) is 12.1 Å². The molecule has 0 N–H and O–H groups in total. The van der Waals surface area contributed by atoms with Crippen LogP contribution in [-0.4, -0.2) is 49.8 Å². The van der Waals surface area contributed by atoms with Crippen LogP contribution in [0, 0.1) is 0 Å². The normalized spacial score (nSPS) is 13.7. The number of aromatic nitrogens is 1. The minimum Gasteiger partial charge on any atom is -0.383 e. The zero-order valence-corrected chi connectivity index (χ0v) is 14.3. The Bertz CT molecular complexity index is 716. The van der Waals surface area contributed by atoms with E-state index in [9.17, 15) is 8.42 Å². The van der Waals surface area contributed by atoms with Crippen LogP contribution in [0.5, 0.6) is 0 Å². The van der Waals surface area contributed by atoms with E-state index >= 15 is 0 Å². The number of benzene rings is 1. The number of hydrogen-bond acceptors (Lipinski definition) is 4. The van der Waals surface area contributed by atoms with E-state index in [0.717, 1.165) is 5.39 Å². The molecular formula is C14H17BrN2O3S. The number of fused-ring (bicyclic) bond motifs is 1. The minimum atomic E-state index is -3.56. The van der Waals surface area contributed by atoms with Gasteiger partial charge in [-0.2, -0.15) is 4.31 Å². The molecule has 7 heteroatoms. The summed E-state index contributed by atoms with van der Waals surface area (Å²) in [7, 11) is -0.406. The quantitative estimate of drug-likeness (QED) is 0.729. The van der Waals surface area contributed by atoms with E-state index in [4.69, 9.17) is 4.74 Å². The summed E-state index contributed by atoms with van der Waals surface area (Å²) in [4.78, 5) is 4.26. The minimum absolute atomic E-state index is 0.0566. The Hall–Kier alpha value is -1.02. The fourth-order valence-electron chi connectivity index (χ4n) is 2.10. The van der Waals surface area contributed by atoms with Crippen molar-refractivity contribution in [2.45, 2.75) is 9.72 Å². The van der Waals surface area contributed by atoms with Gasteiger partial charge < -0.3 is 4.74 Å². The van der Waals surface area contributed by atoms with Gasteiger partial charge in [0.25, 0.3) is 0 Å². The Balaban J connectivity index is 2.38. The van der Waals surface area contributed by atoms with E-state index in [1.54, 1.807) is 44.8 Å². The molecule has 0 spiro atoms. The van der Waals surface area contributed by atoms with E-state index in [2.05, 4.69) is 20.9 Å². The van der Waals surface area contributed by atoms with Crippen molar-refractivity contribution in [2.24, 2.45) is 0 Å². The molecule has 2 rings (SSSR count). The van der Waals surface area contributed by atoms with Crippen molar-refractivity contribution in [2.75, 3.05) is 27.3 Å². The maximum absolute atomic E-state index is 12.7. The Morgan fingerprint density at radius 2 is 2.14 bits per heavy atom. The second-order valence-electron chi connectivity index (χ2n) is 4.69. The van der Waals surface area contributed by atoms with Crippen LogP contribution in [0.3, 0.4) is 0 Å². The molecule has 0 fully saturated rings. The molecule has 2 aromatic rings. The van der Waals surface area contributed by atoms with Crippen molar-refractivity contribution < 1.29 is 13.2 Å². The van der Waals surface area contributed by atoms with Crippen LogP contribution < -0.4 is 0 Å². The lowest BCUT2D eigenvalue weighted by Crippen LogP contribution is -2.33. The number of hydrogen-bond donors (Lipinski definition) is 0. The van der Waals surface area contributed by atoms with Crippen LogP contribution in [0.25, 0.3) is 10.8 Å². The van der Waals surface area contributed by atoms with Gasteiger partial charge in [-0.25, -0.2) is 8.42 Å². The lowest BCUT2D eigenvalue weighted by Gasteiger charge is -2.20. The van der Waals surface area contributed by atoms with Crippen molar-refractivity contribution in [3.63, 3.8) is 0 Å². The van der Waals surface area contributed by atoms with Crippen LogP contribution >= 0.6 is 15.9 Å². The van der Waals surface area contributed by atoms with Gasteiger partial charge in [0.15, 0.2) is 0 Å². The van der Waals surface area contributed by atoms with Crippen molar-refractivity contribution in [3.8, 4) is 0 Å². The van der Waals surface area contributed by atoms with Gasteiger partial charge in [-0.1, -0.05) is 28.1 Å². The van der Waals surface area contributed by atoms with Gasteiger partial charge in [0.1, 0.15) is 0 Å². The summed E-state index contributed by atoms with van der Waals surface area (Å²) >= 11 is 3.41. The maximum Gasteiger partial charge on any atom is 0.243 e. The van der Waals surface area contributed by atoms with Crippen LogP contribution in [0.15, 0.2) is 41.6 Å². The number of rotatable bonds is 6. The molecule has 1 aromatic carbocycles. The molecule has 1 heterocycles. The summed E-state index contributed by atoms with van der Waals surface area (Å²) in [6.45, 7) is 0.775. The van der Waals surface area contributed by atoms with Crippen molar-refractivity contribution in [1.29, 1.82) is 0 Å².